The number of nitrogens with one attached hydrogen (secondary N) is 2. The number of aliphatic imine (C=N–C) groups is 1. The van der Waals surface area contributed by atoms with Crippen molar-refractivity contribution in [3.63, 3.8) is 0 Å². The Bertz CT molecular complexity index is 591. The van der Waals surface area contributed by atoms with Gasteiger partial charge in [-0.25, -0.2) is 0 Å². The van der Waals surface area contributed by atoms with Crippen LogP contribution in [0.1, 0.15) is 53.0 Å². The van der Waals surface area contributed by atoms with Crippen LogP contribution >= 0.6 is 0 Å². The molecule has 2 N–H and O–H groups in total. The molecule has 1 fully saturated rings. The lowest BCUT2D eigenvalue weighted by atomic mass is 9.78. The van der Waals surface area contributed by atoms with Crippen molar-refractivity contribution in [1.82, 2.24) is 10.6 Å². The molecule has 5 heteroatoms. The Labute approximate surface area is 164 Å². The molecule has 0 amide bonds. The third-order valence-corrected chi connectivity index (χ3v) is 4.81. The maximum atomic E-state index is 6.08. The summed E-state index contributed by atoms with van der Waals surface area (Å²) in [4.78, 5) is 4.36. The van der Waals surface area contributed by atoms with Gasteiger partial charge in [-0.05, 0) is 49.8 Å². The van der Waals surface area contributed by atoms with Gasteiger partial charge in [-0.2, -0.15) is 0 Å². The highest BCUT2D eigenvalue weighted by atomic mass is 16.5. The van der Waals surface area contributed by atoms with E-state index in [2.05, 4.69) is 48.5 Å². The first-order valence-electron chi connectivity index (χ1n) is 10.1. The Balaban J connectivity index is 1.83. The van der Waals surface area contributed by atoms with Gasteiger partial charge >= 0.3 is 0 Å². The average Bonchev–Trinajstić information content (AvgIpc) is 2.62. The standard InChI is InChI=1S/C22H37N3O2/c1-16(2)27-19-11-9-17(10-12-19)14-24-21(23-6)25-15-18-8-7-13-26-20(18)22(3,4)5/h9-12,16,18,20H,7-8,13-15H2,1-6H3,(H2,23,24,25). The summed E-state index contributed by atoms with van der Waals surface area (Å²) >= 11 is 0. The van der Waals surface area contributed by atoms with Gasteiger partial charge in [0.05, 0.1) is 12.2 Å². The molecule has 0 spiro atoms. The summed E-state index contributed by atoms with van der Waals surface area (Å²) in [5, 5.41) is 6.88. The van der Waals surface area contributed by atoms with E-state index in [4.69, 9.17) is 9.47 Å². The molecule has 27 heavy (non-hydrogen) atoms. The average molecular weight is 376 g/mol. The molecule has 2 unspecified atom stereocenters. The molecule has 1 heterocycles. The summed E-state index contributed by atoms with van der Waals surface area (Å²) in [5.74, 6) is 2.24. The van der Waals surface area contributed by atoms with Crippen LogP contribution in [0, 0.1) is 11.3 Å². The second kappa shape index (κ2) is 9.98. The van der Waals surface area contributed by atoms with E-state index in [1.165, 1.54) is 12.0 Å². The lowest BCUT2D eigenvalue weighted by molar-refractivity contribution is -0.0835. The van der Waals surface area contributed by atoms with Crippen molar-refractivity contribution >= 4 is 5.96 Å². The molecule has 1 aromatic carbocycles. The molecule has 5 nitrogen and oxygen atoms in total. The number of hydrogen-bond acceptors (Lipinski definition) is 3. The molecule has 0 aromatic heterocycles. The van der Waals surface area contributed by atoms with Crippen molar-refractivity contribution in [3.05, 3.63) is 29.8 Å². The Morgan fingerprint density at radius 3 is 2.52 bits per heavy atom. The Morgan fingerprint density at radius 2 is 1.93 bits per heavy atom. The van der Waals surface area contributed by atoms with Crippen LogP contribution in [0.25, 0.3) is 0 Å². The van der Waals surface area contributed by atoms with E-state index in [0.717, 1.165) is 37.8 Å². The summed E-state index contributed by atoms with van der Waals surface area (Å²) in [6.07, 6.45) is 2.81. The minimum absolute atomic E-state index is 0.156. The van der Waals surface area contributed by atoms with Gasteiger partial charge in [-0.3, -0.25) is 4.99 Å². The highest BCUT2D eigenvalue weighted by molar-refractivity contribution is 5.79. The second-order valence-electron chi connectivity index (χ2n) is 8.68. The van der Waals surface area contributed by atoms with Gasteiger partial charge in [-0.15, -0.1) is 0 Å². The first kappa shape index (κ1) is 21.5. The highest BCUT2D eigenvalue weighted by Crippen LogP contribution is 2.33. The number of rotatable bonds is 6. The molecule has 152 valence electrons. The first-order chi connectivity index (χ1) is 12.8. The molecular formula is C22H37N3O2. The molecule has 2 rings (SSSR count). The molecule has 0 saturated carbocycles. The van der Waals surface area contributed by atoms with E-state index in [1.54, 1.807) is 0 Å². The van der Waals surface area contributed by atoms with E-state index < -0.39 is 0 Å². The molecule has 0 aliphatic carbocycles. The van der Waals surface area contributed by atoms with Crippen LogP contribution in [-0.4, -0.2) is 38.4 Å². The molecule has 1 saturated heterocycles. The maximum Gasteiger partial charge on any atom is 0.191 e. The zero-order valence-electron chi connectivity index (χ0n) is 17.8. The van der Waals surface area contributed by atoms with Gasteiger partial charge in [0, 0.05) is 32.7 Å². The van der Waals surface area contributed by atoms with Crippen LogP contribution in [-0.2, 0) is 11.3 Å². The van der Waals surface area contributed by atoms with Gasteiger partial charge in [0.15, 0.2) is 5.96 Å². The molecule has 1 aromatic rings. The molecular weight excluding hydrogens is 338 g/mol. The van der Waals surface area contributed by atoms with Crippen molar-refractivity contribution < 1.29 is 9.47 Å². The minimum Gasteiger partial charge on any atom is -0.491 e. The van der Waals surface area contributed by atoms with Gasteiger partial charge in [0.25, 0.3) is 0 Å². The third kappa shape index (κ3) is 7.06. The van der Waals surface area contributed by atoms with Crippen molar-refractivity contribution in [3.8, 4) is 5.75 Å². The van der Waals surface area contributed by atoms with Crippen LogP contribution in [0.3, 0.4) is 0 Å². The maximum absolute atomic E-state index is 6.08. The van der Waals surface area contributed by atoms with E-state index in [9.17, 15) is 0 Å². The van der Waals surface area contributed by atoms with Crippen LogP contribution in [0.2, 0.25) is 0 Å². The monoisotopic (exact) mass is 375 g/mol. The molecule has 0 bridgehead atoms. The Hall–Kier alpha value is -1.75. The number of ether oxygens (including phenoxy) is 2. The number of guanidine groups is 1. The van der Waals surface area contributed by atoms with Crippen molar-refractivity contribution in [2.24, 2.45) is 16.3 Å². The van der Waals surface area contributed by atoms with E-state index in [1.807, 2.05) is 33.0 Å². The predicted molar refractivity (Wildman–Crippen MR) is 112 cm³/mol. The normalized spacial score (nSPS) is 21.2. The van der Waals surface area contributed by atoms with E-state index >= 15 is 0 Å². The summed E-state index contributed by atoms with van der Waals surface area (Å²) < 4.78 is 11.8. The SMILES string of the molecule is CN=C(NCc1ccc(OC(C)C)cc1)NCC1CCCOC1C(C)(C)C. The van der Waals surface area contributed by atoms with Gasteiger partial charge in [0.1, 0.15) is 5.75 Å². The predicted octanol–water partition coefficient (Wildman–Crippen LogP) is 3.98. The molecule has 1 aliphatic rings. The van der Waals surface area contributed by atoms with E-state index in [0.29, 0.717) is 5.92 Å². The fourth-order valence-electron chi connectivity index (χ4n) is 3.60. The molecule has 1 aliphatic heterocycles. The zero-order valence-corrected chi connectivity index (χ0v) is 17.8. The van der Waals surface area contributed by atoms with Crippen molar-refractivity contribution in [1.29, 1.82) is 0 Å². The van der Waals surface area contributed by atoms with Crippen LogP contribution in [0.5, 0.6) is 5.75 Å². The quantitative estimate of drug-likeness (QED) is 0.583. The smallest absolute Gasteiger partial charge is 0.191 e. The zero-order chi connectivity index (χ0) is 19.9. The number of nitrogens with zero attached hydrogens (tertiary/aromatic N) is 1. The topological polar surface area (TPSA) is 54.9 Å². The fourth-order valence-corrected chi connectivity index (χ4v) is 3.60. The summed E-state index contributed by atoms with van der Waals surface area (Å²) in [5.41, 5.74) is 1.35. The van der Waals surface area contributed by atoms with E-state index in [-0.39, 0.29) is 17.6 Å². The number of benzene rings is 1. The highest BCUT2D eigenvalue weighted by Gasteiger charge is 2.35. The Morgan fingerprint density at radius 1 is 1.22 bits per heavy atom. The van der Waals surface area contributed by atoms with Gasteiger partial charge in [0.2, 0.25) is 0 Å². The second-order valence-corrected chi connectivity index (χ2v) is 8.68. The lowest BCUT2D eigenvalue weighted by Gasteiger charge is -2.40. The van der Waals surface area contributed by atoms with Crippen LogP contribution < -0.4 is 15.4 Å². The summed E-state index contributed by atoms with van der Waals surface area (Å²) in [6.45, 7) is 13.3. The largest absolute Gasteiger partial charge is 0.491 e. The van der Waals surface area contributed by atoms with Crippen LogP contribution in [0.4, 0.5) is 0 Å². The fraction of sp³-hybridized carbons (Fsp3) is 0.682. The summed E-state index contributed by atoms with van der Waals surface area (Å²) in [7, 11) is 1.81. The minimum atomic E-state index is 0.156. The summed E-state index contributed by atoms with van der Waals surface area (Å²) in [6, 6.07) is 8.20. The van der Waals surface area contributed by atoms with Crippen molar-refractivity contribution in [2.75, 3.05) is 20.2 Å². The lowest BCUT2D eigenvalue weighted by Crippen LogP contribution is -2.47. The van der Waals surface area contributed by atoms with Gasteiger partial charge < -0.3 is 20.1 Å². The van der Waals surface area contributed by atoms with Crippen molar-refractivity contribution in [2.45, 2.75) is 66.2 Å². The van der Waals surface area contributed by atoms with Gasteiger partial charge in [-0.1, -0.05) is 32.9 Å². The molecule has 0 radical (unpaired) electrons. The third-order valence-electron chi connectivity index (χ3n) is 4.81. The Kier molecular flexibility index (Phi) is 7.96. The molecule has 2 atom stereocenters. The van der Waals surface area contributed by atoms with Crippen LogP contribution in [0.15, 0.2) is 29.3 Å². The first-order valence-corrected chi connectivity index (χ1v) is 10.1. The number of hydrogen-bond donors (Lipinski definition) is 2.